The van der Waals surface area contributed by atoms with Crippen LogP contribution in [0.2, 0.25) is 0 Å². The van der Waals surface area contributed by atoms with Gasteiger partial charge in [-0.2, -0.15) is 0 Å². The Morgan fingerprint density at radius 3 is 2.86 bits per heavy atom. The molecule has 1 rings (SSSR count). The lowest BCUT2D eigenvalue weighted by Gasteiger charge is -2.09. The number of nitrogens with one attached hydrogen (secondary N) is 2. The lowest BCUT2D eigenvalue weighted by molar-refractivity contribution is 0.358. The van der Waals surface area contributed by atoms with Gasteiger partial charge in [0, 0.05) is 13.0 Å². The zero-order valence-electron chi connectivity index (χ0n) is 3.94. The van der Waals surface area contributed by atoms with E-state index < -0.39 is 0 Å². The largest absolute Gasteiger partial charge is 0.511 e. The number of rotatable bonds is 0. The van der Waals surface area contributed by atoms with Gasteiger partial charge >= 0.3 is 0 Å². The molecule has 3 heteroatoms. The molecule has 0 aliphatic carbocycles. The second-order valence-electron chi connectivity index (χ2n) is 1.46. The maximum atomic E-state index is 8.67. The molecule has 7 heavy (non-hydrogen) atoms. The number of aliphatic hydroxyl groups is 1. The Labute approximate surface area is 42.0 Å². The minimum absolute atomic E-state index is 0.416. The SMILES string of the molecule is OC1=CNNCC1. The van der Waals surface area contributed by atoms with Gasteiger partial charge in [0.2, 0.25) is 0 Å². The van der Waals surface area contributed by atoms with Gasteiger partial charge in [0.15, 0.2) is 0 Å². The molecule has 1 aliphatic rings. The monoisotopic (exact) mass is 100 g/mol. The average Bonchev–Trinajstić information content (AvgIpc) is 1.69. The molecule has 0 unspecified atom stereocenters. The van der Waals surface area contributed by atoms with Crippen molar-refractivity contribution in [3.05, 3.63) is 12.0 Å². The van der Waals surface area contributed by atoms with E-state index in [9.17, 15) is 0 Å². The van der Waals surface area contributed by atoms with Gasteiger partial charge in [-0.1, -0.05) is 0 Å². The van der Waals surface area contributed by atoms with Gasteiger partial charge in [-0.05, 0) is 0 Å². The molecule has 0 aromatic rings. The van der Waals surface area contributed by atoms with Crippen molar-refractivity contribution in [3.8, 4) is 0 Å². The van der Waals surface area contributed by atoms with Crippen molar-refractivity contribution in [2.75, 3.05) is 6.54 Å². The second kappa shape index (κ2) is 1.84. The fourth-order valence-electron chi connectivity index (χ4n) is 0.469. The van der Waals surface area contributed by atoms with E-state index in [0.717, 1.165) is 13.0 Å². The Morgan fingerprint density at radius 2 is 2.57 bits per heavy atom. The molecule has 0 saturated heterocycles. The van der Waals surface area contributed by atoms with Crippen LogP contribution in [0.1, 0.15) is 6.42 Å². The van der Waals surface area contributed by atoms with Crippen molar-refractivity contribution in [2.24, 2.45) is 0 Å². The molecule has 0 saturated carbocycles. The van der Waals surface area contributed by atoms with E-state index in [1.54, 1.807) is 6.20 Å². The van der Waals surface area contributed by atoms with Crippen LogP contribution in [0.25, 0.3) is 0 Å². The summed E-state index contributed by atoms with van der Waals surface area (Å²) in [4.78, 5) is 0. The highest BCUT2D eigenvalue weighted by Crippen LogP contribution is 1.93. The van der Waals surface area contributed by atoms with Gasteiger partial charge in [-0.3, -0.25) is 0 Å². The molecule has 0 aromatic carbocycles. The molecule has 0 amide bonds. The maximum Gasteiger partial charge on any atom is 0.111 e. The topological polar surface area (TPSA) is 44.3 Å². The highest BCUT2D eigenvalue weighted by atomic mass is 16.3. The van der Waals surface area contributed by atoms with E-state index in [1.165, 1.54) is 0 Å². The van der Waals surface area contributed by atoms with E-state index in [-0.39, 0.29) is 0 Å². The van der Waals surface area contributed by atoms with E-state index in [0.29, 0.717) is 5.76 Å². The molecule has 40 valence electrons. The van der Waals surface area contributed by atoms with Crippen LogP contribution < -0.4 is 10.9 Å². The van der Waals surface area contributed by atoms with E-state index in [2.05, 4.69) is 10.9 Å². The van der Waals surface area contributed by atoms with Gasteiger partial charge < -0.3 is 10.5 Å². The Morgan fingerprint density at radius 1 is 1.71 bits per heavy atom. The normalized spacial score (nSPS) is 20.3. The molecular weight excluding hydrogens is 92.1 g/mol. The van der Waals surface area contributed by atoms with Crippen LogP contribution in [-0.4, -0.2) is 11.7 Å². The number of hydrogen-bond acceptors (Lipinski definition) is 3. The summed E-state index contributed by atoms with van der Waals surface area (Å²) in [6.07, 6.45) is 2.27. The summed E-state index contributed by atoms with van der Waals surface area (Å²) in [6, 6.07) is 0. The first-order valence-corrected chi connectivity index (χ1v) is 2.26. The van der Waals surface area contributed by atoms with Crippen molar-refractivity contribution in [1.82, 2.24) is 10.9 Å². The molecule has 3 nitrogen and oxygen atoms in total. The summed E-state index contributed by atoms with van der Waals surface area (Å²) in [7, 11) is 0. The predicted molar refractivity (Wildman–Crippen MR) is 26.5 cm³/mol. The van der Waals surface area contributed by atoms with Gasteiger partial charge in [-0.15, -0.1) is 0 Å². The van der Waals surface area contributed by atoms with Crippen molar-refractivity contribution in [1.29, 1.82) is 0 Å². The summed E-state index contributed by atoms with van der Waals surface area (Å²) >= 11 is 0. The third-order valence-corrected chi connectivity index (χ3v) is 0.847. The predicted octanol–water partition coefficient (Wildman–Crippen LogP) is -0.116. The van der Waals surface area contributed by atoms with Crippen molar-refractivity contribution >= 4 is 0 Å². The quantitative estimate of drug-likeness (QED) is 0.398. The number of aliphatic hydroxyl groups excluding tert-OH is 1. The minimum Gasteiger partial charge on any atom is -0.511 e. The van der Waals surface area contributed by atoms with Crippen LogP contribution in [0.4, 0.5) is 0 Å². The van der Waals surface area contributed by atoms with Crippen LogP contribution in [0.3, 0.4) is 0 Å². The first-order valence-electron chi connectivity index (χ1n) is 2.26. The number of hydrogen-bond donors (Lipinski definition) is 3. The zero-order chi connectivity index (χ0) is 5.11. The second-order valence-corrected chi connectivity index (χ2v) is 1.46. The summed E-state index contributed by atoms with van der Waals surface area (Å²) in [5, 5.41) is 8.67. The van der Waals surface area contributed by atoms with Crippen LogP contribution in [0.15, 0.2) is 12.0 Å². The molecule has 0 radical (unpaired) electrons. The average molecular weight is 100 g/mol. The smallest absolute Gasteiger partial charge is 0.111 e. The van der Waals surface area contributed by atoms with Gasteiger partial charge in [0.05, 0.1) is 6.20 Å². The molecule has 0 atom stereocenters. The standard InChI is InChI=1S/C4H8N2O/c7-4-1-2-5-6-3-4/h3,5-7H,1-2H2. The molecule has 0 bridgehead atoms. The summed E-state index contributed by atoms with van der Waals surface area (Å²) in [5.74, 6) is 0.416. The van der Waals surface area contributed by atoms with Gasteiger partial charge in [0.25, 0.3) is 0 Å². The van der Waals surface area contributed by atoms with Crippen LogP contribution in [-0.2, 0) is 0 Å². The Balaban J connectivity index is 2.40. The third-order valence-electron chi connectivity index (χ3n) is 0.847. The fraction of sp³-hybridized carbons (Fsp3) is 0.500. The molecule has 0 aromatic heterocycles. The molecule has 0 fully saturated rings. The van der Waals surface area contributed by atoms with E-state index >= 15 is 0 Å². The highest BCUT2D eigenvalue weighted by Gasteiger charge is 1.95. The number of hydrazine groups is 1. The van der Waals surface area contributed by atoms with Gasteiger partial charge in [-0.25, -0.2) is 5.43 Å². The summed E-state index contributed by atoms with van der Waals surface area (Å²) in [6.45, 7) is 0.808. The molecule has 1 aliphatic heterocycles. The summed E-state index contributed by atoms with van der Waals surface area (Å²) < 4.78 is 0. The molecular formula is C4H8N2O. The maximum absolute atomic E-state index is 8.67. The van der Waals surface area contributed by atoms with Crippen LogP contribution >= 0.6 is 0 Å². The minimum atomic E-state index is 0.416. The molecule has 3 N–H and O–H groups in total. The Kier molecular flexibility index (Phi) is 1.17. The Bertz CT molecular complexity index is 89.7. The van der Waals surface area contributed by atoms with Gasteiger partial charge in [0.1, 0.15) is 5.76 Å². The van der Waals surface area contributed by atoms with Crippen LogP contribution in [0.5, 0.6) is 0 Å². The molecule has 1 heterocycles. The van der Waals surface area contributed by atoms with Crippen LogP contribution in [0, 0.1) is 0 Å². The third kappa shape index (κ3) is 1.08. The first kappa shape index (κ1) is 4.46. The lowest BCUT2D eigenvalue weighted by Crippen LogP contribution is -2.32. The highest BCUT2D eigenvalue weighted by molar-refractivity contribution is 4.91. The summed E-state index contributed by atoms with van der Waals surface area (Å²) in [5.41, 5.74) is 5.50. The first-order chi connectivity index (χ1) is 3.39. The zero-order valence-corrected chi connectivity index (χ0v) is 3.94. The van der Waals surface area contributed by atoms with E-state index in [1.807, 2.05) is 0 Å². The lowest BCUT2D eigenvalue weighted by atomic mass is 10.3. The van der Waals surface area contributed by atoms with Crippen molar-refractivity contribution < 1.29 is 5.11 Å². The van der Waals surface area contributed by atoms with Crippen molar-refractivity contribution in [3.63, 3.8) is 0 Å². The fourth-order valence-corrected chi connectivity index (χ4v) is 0.469. The Hall–Kier alpha value is -0.700. The van der Waals surface area contributed by atoms with Crippen molar-refractivity contribution in [2.45, 2.75) is 6.42 Å². The van der Waals surface area contributed by atoms with E-state index in [4.69, 9.17) is 5.11 Å². The molecule has 0 spiro atoms.